The molecule has 0 spiro atoms. The molecular formula is C7H10BrNS. The van der Waals surface area contributed by atoms with Crippen LogP contribution < -0.4 is 0 Å². The summed E-state index contributed by atoms with van der Waals surface area (Å²) in [5, 5.41) is 4.33. The summed E-state index contributed by atoms with van der Waals surface area (Å²) in [4.78, 5) is 4.20. The van der Waals surface area contributed by atoms with Crippen molar-refractivity contribution in [2.24, 2.45) is 5.92 Å². The number of hydrogen-bond donors (Lipinski definition) is 0. The van der Waals surface area contributed by atoms with Gasteiger partial charge in [-0.25, -0.2) is 4.98 Å². The van der Waals surface area contributed by atoms with E-state index in [1.54, 1.807) is 11.3 Å². The molecule has 0 fully saturated rings. The molecule has 1 aromatic heterocycles. The molecular weight excluding hydrogens is 210 g/mol. The topological polar surface area (TPSA) is 12.9 Å². The van der Waals surface area contributed by atoms with Crippen LogP contribution in [0.2, 0.25) is 0 Å². The number of alkyl halides is 1. The standard InChI is InChI=1S/C7H10BrNS/c1-6(5-8)4-7-9-2-3-10-7/h2-3,6H,4-5H2,1H3. The van der Waals surface area contributed by atoms with Crippen LogP contribution in [-0.4, -0.2) is 10.3 Å². The Morgan fingerprint density at radius 2 is 2.60 bits per heavy atom. The van der Waals surface area contributed by atoms with Crippen LogP contribution in [-0.2, 0) is 6.42 Å². The number of halogens is 1. The molecule has 0 aliphatic heterocycles. The molecule has 0 aliphatic carbocycles. The molecule has 0 saturated heterocycles. The van der Waals surface area contributed by atoms with Crippen molar-refractivity contribution in [1.82, 2.24) is 4.98 Å². The van der Waals surface area contributed by atoms with E-state index in [9.17, 15) is 0 Å². The second-order valence-corrected chi connectivity index (χ2v) is 4.02. The Morgan fingerprint density at radius 3 is 3.10 bits per heavy atom. The summed E-state index contributed by atoms with van der Waals surface area (Å²) in [7, 11) is 0. The molecule has 1 heterocycles. The number of hydrogen-bond acceptors (Lipinski definition) is 2. The first-order chi connectivity index (χ1) is 4.83. The molecule has 56 valence electrons. The second-order valence-electron chi connectivity index (χ2n) is 2.39. The lowest BCUT2D eigenvalue weighted by molar-refractivity contribution is 0.660. The van der Waals surface area contributed by atoms with Gasteiger partial charge in [-0.2, -0.15) is 0 Å². The van der Waals surface area contributed by atoms with Crippen LogP contribution in [0.1, 0.15) is 11.9 Å². The summed E-state index contributed by atoms with van der Waals surface area (Å²) in [6, 6.07) is 0. The van der Waals surface area contributed by atoms with E-state index in [0.29, 0.717) is 5.92 Å². The quantitative estimate of drug-likeness (QED) is 0.713. The summed E-state index contributed by atoms with van der Waals surface area (Å²) in [5.41, 5.74) is 0. The molecule has 0 aliphatic rings. The largest absolute Gasteiger partial charge is 0.250 e. The van der Waals surface area contributed by atoms with Gasteiger partial charge in [0, 0.05) is 23.3 Å². The molecule has 1 unspecified atom stereocenters. The summed E-state index contributed by atoms with van der Waals surface area (Å²) >= 11 is 5.17. The SMILES string of the molecule is CC(CBr)Cc1nccs1. The minimum absolute atomic E-state index is 0.700. The lowest BCUT2D eigenvalue weighted by Crippen LogP contribution is -1.99. The van der Waals surface area contributed by atoms with E-state index in [0.717, 1.165) is 11.8 Å². The maximum absolute atomic E-state index is 4.20. The molecule has 1 nitrogen and oxygen atoms in total. The smallest absolute Gasteiger partial charge is 0.0927 e. The molecule has 0 amide bonds. The van der Waals surface area contributed by atoms with Crippen molar-refractivity contribution in [1.29, 1.82) is 0 Å². The van der Waals surface area contributed by atoms with Crippen molar-refractivity contribution in [2.75, 3.05) is 5.33 Å². The fraction of sp³-hybridized carbons (Fsp3) is 0.571. The van der Waals surface area contributed by atoms with Crippen molar-refractivity contribution >= 4 is 27.3 Å². The van der Waals surface area contributed by atoms with Crippen molar-refractivity contribution in [3.63, 3.8) is 0 Å². The van der Waals surface area contributed by atoms with Crippen LogP contribution >= 0.6 is 27.3 Å². The van der Waals surface area contributed by atoms with Gasteiger partial charge >= 0.3 is 0 Å². The highest BCUT2D eigenvalue weighted by molar-refractivity contribution is 9.09. The van der Waals surface area contributed by atoms with Crippen molar-refractivity contribution in [3.05, 3.63) is 16.6 Å². The molecule has 1 aromatic rings. The molecule has 1 atom stereocenters. The van der Waals surface area contributed by atoms with Crippen LogP contribution in [0.4, 0.5) is 0 Å². The monoisotopic (exact) mass is 219 g/mol. The van der Waals surface area contributed by atoms with Gasteiger partial charge in [0.25, 0.3) is 0 Å². The maximum Gasteiger partial charge on any atom is 0.0927 e. The van der Waals surface area contributed by atoms with Gasteiger partial charge in [-0.15, -0.1) is 11.3 Å². The molecule has 3 heteroatoms. The Hall–Kier alpha value is 0.110. The van der Waals surface area contributed by atoms with Gasteiger partial charge in [0.05, 0.1) is 5.01 Å². The Morgan fingerprint density at radius 1 is 1.80 bits per heavy atom. The van der Waals surface area contributed by atoms with Gasteiger partial charge in [0.1, 0.15) is 0 Å². The molecule has 10 heavy (non-hydrogen) atoms. The van der Waals surface area contributed by atoms with Crippen molar-refractivity contribution in [3.8, 4) is 0 Å². The van der Waals surface area contributed by atoms with E-state index in [-0.39, 0.29) is 0 Å². The van der Waals surface area contributed by atoms with Gasteiger partial charge < -0.3 is 0 Å². The predicted octanol–water partition coefficient (Wildman–Crippen LogP) is 2.72. The Labute approximate surface area is 73.6 Å². The minimum Gasteiger partial charge on any atom is -0.250 e. The van der Waals surface area contributed by atoms with E-state index in [4.69, 9.17) is 0 Å². The van der Waals surface area contributed by atoms with Crippen molar-refractivity contribution in [2.45, 2.75) is 13.3 Å². The lowest BCUT2D eigenvalue weighted by Gasteiger charge is -2.02. The Balaban J connectivity index is 2.40. The average molecular weight is 220 g/mol. The number of nitrogens with zero attached hydrogens (tertiary/aromatic N) is 1. The van der Waals surface area contributed by atoms with Gasteiger partial charge in [-0.1, -0.05) is 22.9 Å². The van der Waals surface area contributed by atoms with Gasteiger partial charge in [-0.3, -0.25) is 0 Å². The second kappa shape index (κ2) is 4.09. The fourth-order valence-electron chi connectivity index (χ4n) is 0.706. The molecule has 0 aromatic carbocycles. The third-order valence-electron chi connectivity index (χ3n) is 1.27. The first kappa shape index (κ1) is 8.21. The van der Waals surface area contributed by atoms with Crippen LogP contribution in [0, 0.1) is 5.92 Å². The van der Waals surface area contributed by atoms with Gasteiger partial charge in [0.15, 0.2) is 0 Å². The predicted molar refractivity (Wildman–Crippen MR) is 48.8 cm³/mol. The fourth-order valence-corrected chi connectivity index (χ4v) is 1.72. The molecule has 1 rings (SSSR count). The van der Waals surface area contributed by atoms with E-state index < -0.39 is 0 Å². The zero-order valence-corrected chi connectivity index (χ0v) is 8.28. The summed E-state index contributed by atoms with van der Waals surface area (Å²) < 4.78 is 0. The number of thiazole rings is 1. The molecule has 0 bridgehead atoms. The highest BCUT2D eigenvalue weighted by atomic mass is 79.9. The Bertz CT molecular complexity index is 174. The molecule has 0 radical (unpaired) electrons. The summed E-state index contributed by atoms with van der Waals surface area (Å²) in [6.07, 6.45) is 2.96. The minimum atomic E-state index is 0.700. The van der Waals surface area contributed by atoms with E-state index in [1.807, 2.05) is 11.6 Å². The van der Waals surface area contributed by atoms with E-state index >= 15 is 0 Å². The van der Waals surface area contributed by atoms with E-state index in [1.165, 1.54) is 5.01 Å². The van der Waals surface area contributed by atoms with Crippen LogP contribution in [0.15, 0.2) is 11.6 Å². The maximum atomic E-state index is 4.20. The normalized spacial score (nSPS) is 13.4. The summed E-state index contributed by atoms with van der Waals surface area (Å²) in [5.74, 6) is 0.700. The third-order valence-corrected chi connectivity index (χ3v) is 3.18. The molecule has 0 N–H and O–H groups in total. The first-order valence-electron chi connectivity index (χ1n) is 3.27. The zero-order chi connectivity index (χ0) is 7.40. The van der Waals surface area contributed by atoms with Crippen molar-refractivity contribution < 1.29 is 0 Å². The highest BCUT2D eigenvalue weighted by Crippen LogP contribution is 2.12. The Kier molecular flexibility index (Phi) is 3.35. The zero-order valence-electron chi connectivity index (χ0n) is 5.88. The molecule has 0 saturated carbocycles. The number of rotatable bonds is 3. The van der Waals surface area contributed by atoms with Crippen LogP contribution in [0.25, 0.3) is 0 Å². The van der Waals surface area contributed by atoms with E-state index in [2.05, 4.69) is 27.8 Å². The number of aromatic nitrogens is 1. The van der Waals surface area contributed by atoms with Crippen LogP contribution in [0.3, 0.4) is 0 Å². The lowest BCUT2D eigenvalue weighted by atomic mass is 10.1. The first-order valence-corrected chi connectivity index (χ1v) is 5.27. The van der Waals surface area contributed by atoms with Gasteiger partial charge in [0.2, 0.25) is 0 Å². The highest BCUT2D eigenvalue weighted by Gasteiger charge is 2.02. The van der Waals surface area contributed by atoms with Gasteiger partial charge in [-0.05, 0) is 5.92 Å². The van der Waals surface area contributed by atoms with Crippen LogP contribution in [0.5, 0.6) is 0 Å². The summed E-state index contributed by atoms with van der Waals surface area (Å²) in [6.45, 7) is 2.22. The third kappa shape index (κ3) is 2.39. The average Bonchev–Trinajstić information content (AvgIpc) is 2.40.